The van der Waals surface area contributed by atoms with Crippen molar-refractivity contribution in [2.45, 2.75) is 78.0 Å². The molecule has 0 amide bonds. The largest absolute Gasteiger partial charge is 0.598 e. The number of nitrogens with one attached hydrogen (secondary N) is 1. The Morgan fingerprint density at radius 2 is 1.65 bits per heavy atom. The molecule has 1 fully saturated rings. The van der Waals surface area contributed by atoms with Gasteiger partial charge in [0.05, 0.1) is 6.04 Å². The van der Waals surface area contributed by atoms with E-state index in [-0.39, 0.29) is 4.75 Å². The third kappa shape index (κ3) is 4.80. The predicted octanol–water partition coefficient (Wildman–Crippen LogP) is 3.64. The molecule has 2 unspecified atom stereocenters. The SMILES string of the molecule is CC(C)(C)[C@H]1CCCC(N[S+]([O-])C(C)(C)C)C1. The number of hydrogen-bond donors (Lipinski definition) is 1. The van der Waals surface area contributed by atoms with Gasteiger partial charge in [-0.3, -0.25) is 0 Å². The van der Waals surface area contributed by atoms with Gasteiger partial charge in [0.25, 0.3) is 0 Å². The van der Waals surface area contributed by atoms with E-state index in [0.29, 0.717) is 11.5 Å². The van der Waals surface area contributed by atoms with Crippen LogP contribution >= 0.6 is 0 Å². The zero-order chi connectivity index (χ0) is 13.3. The second-order valence-electron chi connectivity index (χ2n) is 7.43. The van der Waals surface area contributed by atoms with Crippen molar-refractivity contribution in [2.24, 2.45) is 11.3 Å². The molecule has 102 valence electrons. The molecule has 0 spiro atoms. The molecule has 1 aliphatic rings. The Hall–Kier alpha value is 0.270. The molecule has 0 aromatic carbocycles. The Morgan fingerprint density at radius 3 is 2.12 bits per heavy atom. The Kier molecular flexibility index (Phi) is 4.96. The fourth-order valence-electron chi connectivity index (χ4n) is 2.41. The fraction of sp³-hybridized carbons (Fsp3) is 1.00. The molecule has 1 aliphatic carbocycles. The molecule has 1 rings (SSSR count). The van der Waals surface area contributed by atoms with Crippen molar-refractivity contribution in [1.29, 1.82) is 0 Å². The van der Waals surface area contributed by atoms with Crippen LogP contribution in [0.3, 0.4) is 0 Å². The summed E-state index contributed by atoms with van der Waals surface area (Å²) in [7, 11) is 0. The summed E-state index contributed by atoms with van der Waals surface area (Å²) in [5.41, 5.74) is 0.379. The summed E-state index contributed by atoms with van der Waals surface area (Å²) < 4.78 is 15.3. The summed E-state index contributed by atoms with van der Waals surface area (Å²) in [5, 5.41) is 0. The van der Waals surface area contributed by atoms with Crippen LogP contribution in [0.2, 0.25) is 0 Å². The molecular weight excluding hydrogens is 230 g/mol. The summed E-state index contributed by atoms with van der Waals surface area (Å²) in [6.07, 6.45) is 4.94. The van der Waals surface area contributed by atoms with Gasteiger partial charge in [-0.25, -0.2) is 0 Å². The third-order valence-corrected chi connectivity index (χ3v) is 5.39. The quantitative estimate of drug-likeness (QED) is 0.768. The Labute approximate surface area is 110 Å². The first-order chi connectivity index (χ1) is 7.60. The van der Waals surface area contributed by atoms with Crippen molar-refractivity contribution in [3.63, 3.8) is 0 Å². The lowest BCUT2D eigenvalue weighted by atomic mass is 9.71. The normalized spacial score (nSPS) is 29.1. The van der Waals surface area contributed by atoms with Crippen molar-refractivity contribution in [2.75, 3.05) is 0 Å². The summed E-state index contributed by atoms with van der Waals surface area (Å²) >= 11 is -0.927. The van der Waals surface area contributed by atoms with Crippen LogP contribution in [-0.2, 0) is 11.4 Å². The zero-order valence-corrected chi connectivity index (χ0v) is 13.1. The van der Waals surface area contributed by atoms with E-state index in [9.17, 15) is 4.55 Å². The topological polar surface area (TPSA) is 35.1 Å². The Bertz CT molecular complexity index is 240. The highest BCUT2D eigenvalue weighted by Gasteiger charge is 2.35. The highest BCUT2D eigenvalue weighted by Crippen LogP contribution is 2.38. The summed E-state index contributed by atoms with van der Waals surface area (Å²) in [4.78, 5) is 0. The average Bonchev–Trinajstić information content (AvgIpc) is 2.15. The van der Waals surface area contributed by atoms with Gasteiger partial charge in [-0.15, -0.1) is 4.72 Å². The first-order valence-electron chi connectivity index (χ1n) is 6.79. The Balaban J connectivity index is 2.51. The minimum Gasteiger partial charge on any atom is -0.598 e. The van der Waals surface area contributed by atoms with E-state index in [2.05, 4.69) is 25.5 Å². The maximum absolute atomic E-state index is 12.1. The van der Waals surface area contributed by atoms with Crippen molar-refractivity contribution < 1.29 is 4.55 Å². The molecule has 0 saturated heterocycles. The van der Waals surface area contributed by atoms with Gasteiger partial charge in [-0.1, -0.05) is 27.2 Å². The Morgan fingerprint density at radius 1 is 1.06 bits per heavy atom. The molecule has 1 N–H and O–H groups in total. The lowest BCUT2D eigenvalue weighted by Crippen LogP contribution is -2.47. The maximum Gasteiger partial charge on any atom is 0.136 e. The third-order valence-electron chi connectivity index (χ3n) is 3.73. The lowest BCUT2D eigenvalue weighted by molar-refractivity contribution is 0.161. The summed E-state index contributed by atoms with van der Waals surface area (Å²) in [5.74, 6) is 0.755. The standard InChI is InChI=1S/C14H29NOS/c1-13(2,3)11-8-7-9-12(10-11)15-17(16)14(4,5)6/h11-12,15H,7-10H2,1-6H3/t11-,12?,17?/m0/s1. The van der Waals surface area contributed by atoms with Crippen LogP contribution in [0.25, 0.3) is 0 Å². The van der Waals surface area contributed by atoms with Crippen molar-refractivity contribution >= 4 is 11.4 Å². The van der Waals surface area contributed by atoms with E-state index in [1.807, 2.05) is 20.8 Å². The van der Waals surface area contributed by atoms with Crippen LogP contribution < -0.4 is 4.72 Å². The number of rotatable bonds is 2. The molecular formula is C14H29NOS. The van der Waals surface area contributed by atoms with Gasteiger partial charge in [0, 0.05) is 11.4 Å². The molecule has 2 nitrogen and oxygen atoms in total. The smallest absolute Gasteiger partial charge is 0.136 e. The molecule has 3 atom stereocenters. The van der Waals surface area contributed by atoms with Gasteiger partial charge in [-0.2, -0.15) is 0 Å². The van der Waals surface area contributed by atoms with Crippen LogP contribution in [0.5, 0.6) is 0 Å². The minimum atomic E-state index is -0.927. The zero-order valence-electron chi connectivity index (χ0n) is 12.3. The van der Waals surface area contributed by atoms with Crippen LogP contribution in [0.1, 0.15) is 67.2 Å². The van der Waals surface area contributed by atoms with Crippen LogP contribution in [-0.4, -0.2) is 15.3 Å². The molecule has 17 heavy (non-hydrogen) atoms. The van der Waals surface area contributed by atoms with Gasteiger partial charge < -0.3 is 4.55 Å². The first kappa shape index (κ1) is 15.3. The molecule has 0 radical (unpaired) electrons. The molecule has 0 bridgehead atoms. The van der Waals surface area contributed by atoms with Crippen molar-refractivity contribution in [1.82, 2.24) is 4.72 Å². The lowest BCUT2D eigenvalue weighted by Gasteiger charge is -2.38. The van der Waals surface area contributed by atoms with Crippen LogP contribution in [0.15, 0.2) is 0 Å². The average molecular weight is 259 g/mol. The van der Waals surface area contributed by atoms with E-state index in [1.54, 1.807) is 0 Å². The van der Waals surface area contributed by atoms with Crippen molar-refractivity contribution in [3.8, 4) is 0 Å². The molecule has 0 aromatic rings. The van der Waals surface area contributed by atoms with Crippen molar-refractivity contribution in [3.05, 3.63) is 0 Å². The molecule has 0 aromatic heterocycles. The monoisotopic (exact) mass is 259 g/mol. The van der Waals surface area contributed by atoms with E-state index in [4.69, 9.17) is 0 Å². The minimum absolute atomic E-state index is 0.158. The van der Waals surface area contributed by atoms with E-state index < -0.39 is 11.4 Å². The first-order valence-corrected chi connectivity index (χ1v) is 7.94. The number of hydrogen-bond acceptors (Lipinski definition) is 2. The second kappa shape index (κ2) is 5.50. The molecule has 0 aliphatic heterocycles. The molecule has 0 heterocycles. The summed E-state index contributed by atoms with van der Waals surface area (Å²) in [6.45, 7) is 13.0. The van der Waals surface area contributed by atoms with Crippen LogP contribution in [0.4, 0.5) is 0 Å². The molecule has 3 heteroatoms. The maximum atomic E-state index is 12.1. The van der Waals surface area contributed by atoms with E-state index >= 15 is 0 Å². The fourth-order valence-corrected chi connectivity index (χ4v) is 3.28. The predicted molar refractivity (Wildman–Crippen MR) is 76.2 cm³/mol. The van der Waals surface area contributed by atoms with E-state index in [1.165, 1.54) is 25.7 Å². The summed E-state index contributed by atoms with van der Waals surface area (Å²) in [6, 6.07) is 0.438. The van der Waals surface area contributed by atoms with Gasteiger partial charge in [0.2, 0.25) is 0 Å². The molecule has 1 saturated carbocycles. The van der Waals surface area contributed by atoms with Gasteiger partial charge in [0.1, 0.15) is 4.75 Å². The van der Waals surface area contributed by atoms with Gasteiger partial charge in [-0.05, 0) is 51.4 Å². The van der Waals surface area contributed by atoms with Gasteiger partial charge >= 0.3 is 0 Å². The van der Waals surface area contributed by atoms with Gasteiger partial charge in [0.15, 0.2) is 0 Å². The van der Waals surface area contributed by atoms with Crippen LogP contribution in [0, 0.1) is 11.3 Å². The second-order valence-corrected chi connectivity index (χ2v) is 9.42. The highest BCUT2D eigenvalue weighted by molar-refractivity contribution is 7.90. The highest BCUT2D eigenvalue weighted by atomic mass is 32.2. The van der Waals surface area contributed by atoms with E-state index in [0.717, 1.165) is 5.92 Å².